The Labute approximate surface area is 99.7 Å². The minimum Gasteiger partial charge on any atom is -0.316 e. The molecule has 17 heavy (non-hydrogen) atoms. The molecule has 5 nitrogen and oxygen atoms in total. The van der Waals surface area contributed by atoms with E-state index in [4.69, 9.17) is 0 Å². The van der Waals surface area contributed by atoms with E-state index < -0.39 is 0 Å². The number of hydrogen-bond acceptors (Lipinski definition) is 4. The fraction of sp³-hybridized carbons (Fsp3) is 0.417. The predicted octanol–water partition coefficient (Wildman–Crippen LogP) is 1.02. The maximum atomic E-state index is 4.47. The topological polar surface area (TPSA) is 66.5 Å². The van der Waals surface area contributed by atoms with Gasteiger partial charge in [-0.2, -0.15) is 5.10 Å². The first-order valence-corrected chi connectivity index (χ1v) is 5.93. The third kappa shape index (κ3) is 2.19. The Morgan fingerprint density at radius 1 is 1.29 bits per heavy atom. The molecule has 1 aliphatic rings. The highest BCUT2D eigenvalue weighted by Gasteiger charge is 2.18. The third-order valence-corrected chi connectivity index (χ3v) is 3.19. The van der Waals surface area contributed by atoms with Crippen LogP contribution >= 0.6 is 0 Å². The average Bonchev–Trinajstić information content (AvgIpc) is 3.01. The standard InChI is InChI=1S/C12H15N5/c1-2-13-6-9(1)5-11-12(15-4-3-14-11)10-7-16-17-8-10/h3-4,7-9,13H,1-2,5-6H2,(H,16,17)/t9-/m0/s1. The van der Waals surface area contributed by atoms with Crippen LogP contribution in [0.1, 0.15) is 12.1 Å². The second-order valence-corrected chi connectivity index (χ2v) is 4.40. The lowest BCUT2D eigenvalue weighted by atomic mass is 10.00. The lowest BCUT2D eigenvalue weighted by molar-refractivity contribution is 0.571. The van der Waals surface area contributed by atoms with Crippen LogP contribution in [0.25, 0.3) is 11.3 Å². The van der Waals surface area contributed by atoms with Crippen LogP contribution < -0.4 is 5.32 Å². The van der Waals surface area contributed by atoms with E-state index in [-0.39, 0.29) is 0 Å². The highest BCUT2D eigenvalue weighted by atomic mass is 15.1. The Morgan fingerprint density at radius 3 is 3.00 bits per heavy atom. The van der Waals surface area contributed by atoms with E-state index in [0.717, 1.165) is 36.5 Å². The molecule has 0 bridgehead atoms. The molecular formula is C12H15N5. The zero-order valence-electron chi connectivity index (χ0n) is 9.56. The molecule has 1 saturated heterocycles. The summed E-state index contributed by atoms with van der Waals surface area (Å²) < 4.78 is 0. The molecule has 3 rings (SSSR count). The summed E-state index contributed by atoms with van der Waals surface area (Å²) in [6.45, 7) is 2.20. The number of rotatable bonds is 3. The van der Waals surface area contributed by atoms with Crippen LogP contribution in [0.2, 0.25) is 0 Å². The van der Waals surface area contributed by atoms with Crippen molar-refractivity contribution in [3.8, 4) is 11.3 Å². The minimum atomic E-state index is 0.678. The van der Waals surface area contributed by atoms with Crippen molar-refractivity contribution < 1.29 is 0 Å². The fourth-order valence-corrected chi connectivity index (χ4v) is 2.30. The molecule has 0 aromatic carbocycles. The molecule has 0 aliphatic carbocycles. The first-order valence-electron chi connectivity index (χ1n) is 5.93. The first kappa shape index (κ1) is 10.4. The minimum absolute atomic E-state index is 0.678. The molecule has 0 unspecified atom stereocenters. The van der Waals surface area contributed by atoms with Gasteiger partial charge in [0.05, 0.1) is 17.6 Å². The van der Waals surface area contributed by atoms with Gasteiger partial charge in [-0.3, -0.25) is 15.1 Å². The summed E-state index contributed by atoms with van der Waals surface area (Å²) in [5, 5.41) is 10.2. The number of H-pyrrole nitrogens is 1. The zero-order valence-corrected chi connectivity index (χ0v) is 9.56. The van der Waals surface area contributed by atoms with Gasteiger partial charge in [0.1, 0.15) is 0 Å². The summed E-state index contributed by atoms with van der Waals surface area (Å²) in [6, 6.07) is 0. The highest BCUT2D eigenvalue weighted by molar-refractivity contribution is 5.59. The fourth-order valence-electron chi connectivity index (χ4n) is 2.30. The van der Waals surface area contributed by atoms with Gasteiger partial charge in [0, 0.05) is 24.2 Å². The molecule has 0 spiro atoms. The lowest BCUT2D eigenvalue weighted by Gasteiger charge is -2.09. The van der Waals surface area contributed by atoms with Gasteiger partial charge in [0.2, 0.25) is 0 Å². The van der Waals surface area contributed by atoms with E-state index in [1.54, 1.807) is 18.6 Å². The second kappa shape index (κ2) is 4.63. The van der Waals surface area contributed by atoms with Crippen LogP contribution in [0.5, 0.6) is 0 Å². The van der Waals surface area contributed by atoms with Crippen LogP contribution in [0.4, 0.5) is 0 Å². The van der Waals surface area contributed by atoms with E-state index in [1.807, 2.05) is 6.20 Å². The Morgan fingerprint density at radius 2 is 2.24 bits per heavy atom. The number of nitrogens with one attached hydrogen (secondary N) is 2. The first-order chi connectivity index (χ1) is 8.43. The number of aromatic amines is 1. The maximum absolute atomic E-state index is 4.47. The third-order valence-electron chi connectivity index (χ3n) is 3.19. The van der Waals surface area contributed by atoms with Gasteiger partial charge in [0.25, 0.3) is 0 Å². The Bertz CT molecular complexity index is 473. The van der Waals surface area contributed by atoms with Gasteiger partial charge >= 0.3 is 0 Å². The summed E-state index contributed by atoms with van der Waals surface area (Å²) in [5.74, 6) is 0.678. The van der Waals surface area contributed by atoms with Gasteiger partial charge in [-0.05, 0) is 31.8 Å². The summed E-state index contributed by atoms with van der Waals surface area (Å²) >= 11 is 0. The smallest absolute Gasteiger partial charge is 0.0948 e. The zero-order chi connectivity index (χ0) is 11.5. The molecule has 88 valence electrons. The number of hydrogen-bond donors (Lipinski definition) is 2. The molecule has 0 saturated carbocycles. The highest BCUT2D eigenvalue weighted by Crippen LogP contribution is 2.22. The van der Waals surface area contributed by atoms with Crippen molar-refractivity contribution in [2.24, 2.45) is 5.92 Å². The van der Waals surface area contributed by atoms with E-state index in [9.17, 15) is 0 Å². The van der Waals surface area contributed by atoms with Crippen molar-refractivity contribution in [2.75, 3.05) is 13.1 Å². The lowest BCUT2D eigenvalue weighted by Crippen LogP contribution is -2.12. The molecule has 3 heterocycles. The molecule has 2 aromatic rings. The van der Waals surface area contributed by atoms with Crippen molar-refractivity contribution in [3.63, 3.8) is 0 Å². The van der Waals surface area contributed by atoms with Crippen LogP contribution in [-0.2, 0) is 6.42 Å². The van der Waals surface area contributed by atoms with Gasteiger partial charge < -0.3 is 5.32 Å². The van der Waals surface area contributed by atoms with Crippen LogP contribution in [0, 0.1) is 5.92 Å². The quantitative estimate of drug-likeness (QED) is 0.824. The van der Waals surface area contributed by atoms with Crippen molar-refractivity contribution in [3.05, 3.63) is 30.5 Å². The van der Waals surface area contributed by atoms with Gasteiger partial charge in [-0.15, -0.1) is 0 Å². The molecular weight excluding hydrogens is 214 g/mol. The molecule has 1 aliphatic heterocycles. The van der Waals surface area contributed by atoms with E-state index >= 15 is 0 Å². The summed E-state index contributed by atoms with van der Waals surface area (Å²) in [5.41, 5.74) is 3.04. The molecule has 0 radical (unpaired) electrons. The van der Waals surface area contributed by atoms with Gasteiger partial charge in [-0.25, -0.2) is 0 Å². The number of nitrogens with zero attached hydrogens (tertiary/aromatic N) is 3. The normalized spacial score (nSPS) is 19.6. The summed E-state index contributed by atoms with van der Waals surface area (Å²) in [6.07, 6.45) is 9.36. The predicted molar refractivity (Wildman–Crippen MR) is 64.3 cm³/mol. The van der Waals surface area contributed by atoms with E-state index in [2.05, 4.69) is 25.5 Å². The average molecular weight is 229 g/mol. The Kier molecular flexibility index (Phi) is 2.83. The van der Waals surface area contributed by atoms with Crippen molar-refractivity contribution in [2.45, 2.75) is 12.8 Å². The van der Waals surface area contributed by atoms with Crippen LogP contribution in [-0.4, -0.2) is 33.3 Å². The van der Waals surface area contributed by atoms with Crippen molar-refractivity contribution >= 4 is 0 Å². The summed E-state index contributed by atoms with van der Waals surface area (Å²) in [7, 11) is 0. The van der Waals surface area contributed by atoms with E-state index in [1.165, 1.54) is 6.42 Å². The van der Waals surface area contributed by atoms with Crippen molar-refractivity contribution in [1.29, 1.82) is 0 Å². The molecule has 2 N–H and O–H groups in total. The monoisotopic (exact) mass is 229 g/mol. The summed E-state index contributed by atoms with van der Waals surface area (Å²) in [4.78, 5) is 8.89. The largest absolute Gasteiger partial charge is 0.316 e. The van der Waals surface area contributed by atoms with E-state index in [0.29, 0.717) is 5.92 Å². The molecule has 1 atom stereocenters. The van der Waals surface area contributed by atoms with Crippen LogP contribution in [0.15, 0.2) is 24.8 Å². The van der Waals surface area contributed by atoms with Crippen LogP contribution in [0.3, 0.4) is 0 Å². The SMILES string of the molecule is c1cnc(-c2cn[nH]c2)c(C[C@@H]2CCNC2)n1. The Balaban J connectivity index is 1.88. The molecule has 5 heteroatoms. The van der Waals surface area contributed by atoms with Gasteiger partial charge in [-0.1, -0.05) is 0 Å². The number of aromatic nitrogens is 4. The van der Waals surface area contributed by atoms with Gasteiger partial charge in [0.15, 0.2) is 0 Å². The molecule has 2 aromatic heterocycles. The Hall–Kier alpha value is -1.75. The second-order valence-electron chi connectivity index (χ2n) is 4.40. The molecule has 0 amide bonds. The van der Waals surface area contributed by atoms with Crippen molar-refractivity contribution in [1.82, 2.24) is 25.5 Å². The maximum Gasteiger partial charge on any atom is 0.0948 e. The molecule has 1 fully saturated rings.